The molecule has 0 aliphatic heterocycles. The summed E-state index contributed by atoms with van der Waals surface area (Å²) in [5, 5.41) is 0. The minimum absolute atomic E-state index is 0.246. The lowest BCUT2D eigenvalue weighted by Gasteiger charge is -2.29. The molecule has 0 heterocycles. The minimum atomic E-state index is -0.693. The Hall–Kier alpha value is -1.46. The summed E-state index contributed by atoms with van der Waals surface area (Å²) >= 11 is 0. The van der Waals surface area contributed by atoms with E-state index < -0.39 is 24.5 Å². The number of carbonyl (C=O) groups excluding carboxylic acids is 2. The van der Waals surface area contributed by atoms with Crippen molar-refractivity contribution in [2.45, 2.75) is 117 Å². The third-order valence-electron chi connectivity index (χ3n) is 5.32. The fraction of sp³-hybridized carbons (Fsp3) is 0.917. The van der Waals surface area contributed by atoms with Crippen LogP contribution in [0.3, 0.4) is 0 Å². The van der Waals surface area contributed by atoms with Crippen molar-refractivity contribution in [3.63, 3.8) is 0 Å². The summed E-state index contributed by atoms with van der Waals surface area (Å²) in [4.78, 5) is 23.8. The molecular formula is C24H44O6. The van der Waals surface area contributed by atoms with Crippen molar-refractivity contribution >= 4 is 12.3 Å². The Morgan fingerprint density at radius 1 is 0.700 bits per heavy atom. The van der Waals surface area contributed by atoms with Crippen LogP contribution in [-0.2, 0) is 18.9 Å². The minimum Gasteiger partial charge on any atom is -0.434 e. The zero-order valence-electron chi connectivity index (χ0n) is 19.7. The molecule has 1 saturated carbocycles. The molecule has 0 radical (unpaired) electrons. The van der Waals surface area contributed by atoms with Crippen molar-refractivity contribution in [2.24, 2.45) is 11.8 Å². The summed E-state index contributed by atoms with van der Waals surface area (Å²) in [7, 11) is 0. The van der Waals surface area contributed by atoms with Crippen LogP contribution < -0.4 is 0 Å². The van der Waals surface area contributed by atoms with Crippen molar-refractivity contribution in [3.8, 4) is 0 Å². The molecule has 2 atom stereocenters. The maximum Gasteiger partial charge on any atom is 0.508 e. The fourth-order valence-electron chi connectivity index (χ4n) is 3.58. The second kappa shape index (κ2) is 16.3. The predicted molar refractivity (Wildman–Crippen MR) is 118 cm³/mol. The number of carbonyl (C=O) groups is 2. The fourth-order valence-corrected chi connectivity index (χ4v) is 3.58. The highest BCUT2D eigenvalue weighted by atomic mass is 16.8. The van der Waals surface area contributed by atoms with Crippen LogP contribution in [0, 0.1) is 11.8 Å². The van der Waals surface area contributed by atoms with Crippen LogP contribution in [-0.4, -0.2) is 37.7 Å². The summed E-state index contributed by atoms with van der Waals surface area (Å²) in [5.41, 5.74) is 0. The molecule has 0 spiro atoms. The Morgan fingerprint density at radius 3 is 1.73 bits per heavy atom. The number of hydrogen-bond acceptors (Lipinski definition) is 6. The number of ether oxygens (including phenoxy) is 4. The summed E-state index contributed by atoms with van der Waals surface area (Å²) < 4.78 is 21.1. The second-order valence-electron chi connectivity index (χ2n) is 9.31. The van der Waals surface area contributed by atoms with Gasteiger partial charge in [0.2, 0.25) is 0 Å². The summed E-state index contributed by atoms with van der Waals surface area (Å²) in [6.45, 7) is 9.16. The van der Waals surface area contributed by atoms with E-state index in [9.17, 15) is 9.59 Å². The predicted octanol–water partition coefficient (Wildman–Crippen LogP) is 7.04. The Morgan fingerprint density at radius 2 is 1.20 bits per heavy atom. The molecule has 30 heavy (non-hydrogen) atoms. The van der Waals surface area contributed by atoms with Gasteiger partial charge in [-0.3, -0.25) is 0 Å². The van der Waals surface area contributed by atoms with E-state index in [-0.39, 0.29) is 5.92 Å². The van der Waals surface area contributed by atoms with Gasteiger partial charge in [0.25, 0.3) is 0 Å². The third kappa shape index (κ3) is 13.7. The average molecular weight is 429 g/mol. The van der Waals surface area contributed by atoms with Crippen molar-refractivity contribution in [3.05, 3.63) is 0 Å². The maximum atomic E-state index is 12.0. The van der Waals surface area contributed by atoms with Crippen LogP contribution in [0.15, 0.2) is 0 Å². The Balaban J connectivity index is 2.11. The van der Waals surface area contributed by atoms with Gasteiger partial charge in [0, 0.05) is 0 Å². The molecular weight excluding hydrogens is 384 g/mol. The van der Waals surface area contributed by atoms with Crippen LogP contribution in [0.2, 0.25) is 0 Å². The van der Waals surface area contributed by atoms with Gasteiger partial charge in [0.05, 0.1) is 13.2 Å². The topological polar surface area (TPSA) is 71.1 Å². The largest absolute Gasteiger partial charge is 0.508 e. The molecule has 1 fully saturated rings. The van der Waals surface area contributed by atoms with E-state index in [1.54, 1.807) is 0 Å². The first-order chi connectivity index (χ1) is 14.4. The monoisotopic (exact) mass is 428 g/mol. The first-order valence-electron chi connectivity index (χ1n) is 12.0. The highest BCUT2D eigenvalue weighted by Crippen LogP contribution is 2.25. The molecule has 1 aliphatic carbocycles. The van der Waals surface area contributed by atoms with E-state index in [2.05, 4.69) is 13.8 Å². The molecule has 176 valence electrons. The van der Waals surface area contributed by atoms with Crippen molar-refractivity contribution in [1.82, 2.24) is 0 Å². The van der Waals surface area contributed by atoms with Crippen LogP contribution in [0.4, 0.5) is 9.59 Å². The van der Waals surface area contributed by atoms with Crippen molar-refractivity contribution in [1.29, 1.82) is 0 Å². The van der Waals surface area contributed by atoms with E-state index in [4.69, 9.17) is 18.9 Å². The Kier molecular flexibility index (Phi) is 14.4. The molecule has 6 heteroatoms. The van der Waals surface area contributed by atoms with Gasteiger partial charge in [-0.25, -0.2) is 9.59 Å². The van der Waals surface area contributed by atoms with Crippen molar-refractivity contribution < 1.29 is 28.5 Å². The van der Waals surface area contributed by atoms with Gasteiger partial charge in [-0.1, -0.05) is 72.6 Å². The van der Waals surface area contributed by atoms with Gasteiger partial charge in [-0.15, -0.1) is 0 Å². The normalized spacial score (nSPS) is 19.0. The van der Waals surface area contributed by atoms with Gasteiger partial charge < -0.3 is 18.9 Å². The van der Waals surface area contributed by atoms with E-state index in [0.29, 0.717) is 26.1 Å². The number of rotatable bonds is 14. The Labute approximate surface area is 183 Å². The van der Waals surface area contributed by atoms with Gasteiger partial charge in [-0.2, -0.15) is 0 Å². The Bertz CT molecular complexity index is 463. The average Bonchev–Trinajstić information content (AvgIpc) is 2.69. The summed E-state index contributed by atoms with van der Waals surface area (Å²) in [5.74, 6) is 1.05. The number of hydrogen-bond donors (Lipinski definition) is 0. The highest BCUT2D eigenvalue weighted by Gasteiger charge is 2.32. The summed E-state index contributed by atoms with van der Waals surface area (Å²) in [6.07, 6.45) is 10.6. The maximum absolute atomic E-state index is 12.0. The molecule has 0 saturated heterocycles. The van der Waals surface area contributed by atoms with Gasteiger partial charge in [0.1, 0.15) is 12.2 Å². The standard InChI is InChI=1S/C24H44O6/c1-19(2)14-10-8-6-5-7-9-13-17-27-23(25)29-21-15-11-12-16-22(21)30-24(26)28-18-20(3)4/h19-22H,5-18H2,1-4H3. The molecule has 2 unspecified atom stereocenters. The highest BCUT2D eigenvalue weighted by molar-refractivity contribution is 5.61. The first-order valence-corrected chi connectivity index (χ1v) is 12.0. The van der Waals surface area contributed by atoms with E-state index >= 15 is 0 Å². The quantitative estimate of drug-likeness (QED) is 0.218. The van der Waals surface area contributed by atoms with Gasteiger partial charge >= 0.3 is 12.3 Å². The molecule has 0 amide bonds. The molecule has 0 N–H and O–H groups in total. The van der Waals surface area contributed by atoms with Gasteiger partial charge in [-0.05, 0) is 43.9 Å². The van der Waals surface area contributed by atoms with Gasteiger partial charge in [0.15, 0.2) is 0 Å². The SMILES string of the molecule is CC(C)CCCCCCCCCOC(=O)OC1CCCCC1OC(=O)OCC(C)C. The molecule has 6 nitrogen and oxygen atoms in total. The second-order valence-corrected chi connectivity index (χ2v) is 9.31. The van der Waals surface area contributed by atoms with Crippen molar-refractivity contribution in [2.75, 3.05) is 13.2 Å². The smallest absolute Gasteiger partial charge is 0.434 e. The molecule has 0 aromatic heterocycles. The summed E-state index contributed by atoms with van der Waals surface area (Å²) in [6, 6.07) is 0. The molecule has 0 aromatic carbocycles. The lowest BCUT2D eigenvalue weighted by molar-refractivity contribution is -0.0723. The molecule has 1 rings (SSSR count). The lowest BCUT2D eigenvalue weighted by Crippen LogP contribution is -2.38. The molecule has 0 aromatic rings. The molecule has 1 aliphatic rings. The van der Waals surface area contributed by atoms with E-state index in [1.165, 1.54) is 38.5 Å². The lowest BCUT2D eigenvalue weighted by atomic mass is 9.95. The molecule has 0 bridgehead atoms. The third-order valence-corrected chi connectivity index (χ3v) is 5.32. The van der Waals surface area contributed by atoms with Crippen LogP contribution in [0.1, 0.15) is 105 Å². The van der Waals surface area contributed by atoms with Crippen LogP contribution in [0.5, 0.6) is 0 Å². The van der Waals surface area contributed by atoms with Crippen LogP contribution >= 0.6 is 0 Å². The first kappa shape index (κ1) is 26.6. The van der Waals surface area contributed by atoms with E-state index in [1.807, 2.05) is 13.8 Å². The number of unbranched alkanes of at least 4 members (excludes halogenated alkanes) is 6. The zero-order valence-corrected chi connectivity index (χ0v) is 19.7. The zero-order chi connectivity index (χ0) is 22.2. The van der Waals surface area contributed by atoms with Crippen LogP contribution in [0.25, 0.3) is 0 Å². The van der Waals surface area contributed by atoms with E-state index in [0.717, 1.165) is 31.6 Å².